The molecule has 1 aromatic heterocycles. The normalized spacial score (nSPS) is 20.1. The fraction of sp³-hybridized carbons (Fsp3) is 0.0833. The van der Waals surface area contributed by atoms with Crippen LogP contribution in [0, 0.1) is 0 Å². The Labute approximate surface area is 194 Å². The van der Waals surface area contributed by atoms with Crippen molar-refractivity contribution in [3.8, 4) is 0 Å². The second kappa shape index (κ2) is 7.10. The Bertz CT molecular complexity index is 1420. The van der Waals surface area contributed by atoms with Crippen LogP contribution in [0.3, 0.4) is 0 Å². The Hall–Kier alpha value is -3.30. The van der Waals surface area contributed by atoms with Crippen LogP contribution in [-0.2, 0) is 10.5 Å². The molecule has 1 atom stereocenters. The number of nitrogens with one attached hydrogen (secondary N) is 1. The Kier molecular flexibility index (Phi) is 4.37. The van der Waals surface area contributed by atoms with Crippen LogP contribution in [0.2, 0.25) is 0 Å². The molecule has 9 heteroatoms. The summed E-state index contributed by atoms with van der Waals surface area (Å²) in [5.41, 5.74) is -1.59. The van der Waals surface area contributed by atoms with Gasteiger partial charge in [-0.2, -0.15) is 13.2 Å². The van der Waals surface area contributed by atoms with Crippen molar-refractivity contribution in [1.29, 1.82) is 0 Å². The van der Waals surface area contributed by atoms with Crippen molar-refractivity contribution >= 4 is 50.5 Å². The van der Waals surface area contributed by atoms with Gasteiger partial charge in [-0.05, 0) is 24.3 Å². The molecule has 0 aliphatic carbocycles. The van der Waals surface area contributed by atoms with Crippen LogP contribution >= 0.6 is 23.1 Å². The quantitative estimate of drug-likeness (QED) is 0.375. The van der Waals surface area contributed by atoms with Gasteiger partial charge in [0, 0.05) is 10.5 Å². The van der Waals surface area contributed by atoms with Crippen molar-refractivity contribution in [2.24, 2.45) is 0 Å². The summed E-state index contributed by atoms with van der Waals surface area (Å²) in [6.45, 7) is 0. The molecular weight excluding hydrogens is 467 g/mol. The molecule has 6 rings (SSSR count). The van der Waals surface area contributed by atoms with Crippen LogP contribution < -0.4 is 10.2 Å². The van der Waals surface area contributed by atoms with Gasteiger partial charge < -0.3 is 5.32 Å². The molecule has 1 amide bonds. The smallest absolute Gasteiger partial charge is 0.317 e. The van der Waals surface area contributed by atoms with Crippen LogP contribution in [0.4, 0.5) is 18.9 Å². The van der Waals surface area contributed by atoms with Gasteiger partial charge in [-0.15, -0.1) is 11.3 Å². The zero-order valence-corrected chi connectivity index (χ0v) is 18.4. The predicted molar refractivity (Wildman–Crippen MR) is 124 cm³/mol. The first-order valence-electron chi connectivity index (χ1n) is 10.0. The van der Waals surface area contributed by atoms with E-state index in [-0.39, 0.29) is 16.2 Å². The molecule has 0 saturated carbocycles. The number of nitrogens with zero attached hydrogens (tertiary/aromatic N) is 2. The molecule has 4 aromatic rings. The Balaban J connectivity index is 1.67. The highest BCUT2D eigenvalue weighted by Gasteiger charge is 2.66. The van der Waals surface area contributed by atoms with E-state index in [1.54, 1.807) is 30.3 Å². The van der Waals surface area contributed by atoms with Crippen molar-refractivity contribution in [2.75, 3.05) is 4.90 Å². The lowest BCUT2D eigenvalue weighted by molar-refractivity contribution is -0.201. The van der Waals surface area contributed by atoms with Crippen molar-refractivity contribution in [3.05, 3.63) is 94.5 Å². The third kappa shape index (κ3) is 2.85. The summed E-state index contributed by atoms with van der Waals surface area (Å²) in [5, 5.41) is 2.96. The standard InChI is InChI=1S/C24H14F3N3OS2/c25-24(26,27)23(14-8-2-1-3-9-14)29-20(31)19(21-28-15-10-4-6-12-17(15)32-21)22-30(23)16-11-5-7-13-18(16)33-22/h1-13H,(H,29,31)/t23-/m0/s1. The number of fused-ring (bicyclic) bond motifs is 4. The predicted octanol–water partition coefficient (Wildman–Crippen LogP) is 6.12. The molecule has 1 N–H and O–H groups in total. The van der Waals surface area contributed by atoms with E-state index in [4.69, 9.17) is 0 Å². The highest BCUT2D eigenvalue weighted by molar-refractivity contribution is 8.04. The number of aromatic nitrogens is 1. The van der Waals surface area contributed by atoms with Crippen LogP contribution in [0.5, 0.6) is 0 Å². The topological polar surface area (TPSA) is 45.2 Å². The summed E-state index contributed by atoms with van der Waals surface area (Å²) in [4.78, 5) is 19.9. The maximum atomic E-state index is 15.0. The van der Waals surface area contributed by atoms with Crippen LogP contribution in [0.1, 0.15) is 10.6 Å². The lowest BCUT2D eigenvalue weighted by Crippen LogP contribution is -2.68. The fourth-order valence-electron chi connectivity index (χ4n) is 4.27. The largest absolute Gasteiger partial charge is 0.435 e. The molecule has 2 aliphatic rings. The number of rotatable bonds is 2. The first-order valence-corrected chi connectivity index (χ1v) is 11.7. The first kappa shape index (κ1) is 20.3. The summed E-state index contributed by atoms with van der Waals surface area (Å²) in [6, 6.07) is 21.8. The average Bonchev–Trinajstić information content (AvgIpc) is 3.39. The van der Waals surface area contributed by atoms with E-state index in [0.29, 0.717) is 21.1 Å². The molecule has 0 saturated heterocycles. The highest BCUT2D eigenvalue weighted by atomic mass is 32.2. The van der Waals surface area contributed by atoms with Crippen molar-refractivity contribution in [3.63, 3.8) is 0 Å². The molecule has 0 unspecified atom stereocenters. The summed E-state index contributed by atoms with van der Waals surface area (Å²) in [6.07, 6.45) is -4.81. The number of benzene rings is 3. The van der Waals surface area contributed by atoms with E-state index in [9.17, 15) is 18.0 Å². The van der Waals surface area contributed by atoms with Gasteiger partial charge in [0.2, 0.25) is 5.66 Å². The Morgan fingerprint density at radius 2 is 1.61 bits per heavy atom. The van der Waals surface area contributed by atoms with Crippen LogP contribution in [0.15, 0.2) is 88.8 Å². The van der Waals surface area contributed by atoms with Crippen molar-refractivity contribution in [2.45, 2.75) is 16.7 Å². The minimum absolute atomic E-state index is 0.0657. The average molecular weight is 482 g/mol. The second-order valence-corrected chi connectivity index (χ2v) is 9.66. The zero-order valence-electron chi connectivity index (χ0n) is 16.8. The van der Waals surface area contributed by atoms with Gasteiger partial charge in [-0.1, -0.05) is 66.4 Å². The molecule has 0 fully saturated rings. The van der Waals surface area contributed by atoms with Gasteiger partial charge in [-0.25, -0.2) is 4.98 Å². The molecule has 0 spiro atoms. The number of para-hydroxylation sites is 2. The number of thiazole rings is 1. The number of thioether (sulfide) groups is 1. The highest BCUT2D eigenvalue weighted by Crippen LogP contribution is 2.59. The first-order chi connectivity index (χ1) is 15.9. The number of anilines is 1. The fourth-order valence-corrected chi connectivity index (χ4v) is 6.58. The number of hydrogen-bond donors (Lipinski definition) is 1. The summed E-state index contributed by atoms with van der Waals surface area (Å²) >= 11 is 2.45. The molecule has 3 aromatic carbocycles. The van der Waals surface area contributed by atoms with E-state index in [0.717, 1.165) is 16.5 Å². The molecule has 4 nitrogen and oxygen atoms in total. The molecule has 2 aliphatic heterocycles. The minimum atomic E-state index is -4.81. The van der Waals surface area contributed by atoms with Gasteiger partial charge in [0.1, 0.15) is 10.6 Å². The third-order valence-corrected chi connectivity index (χ3v) is 7.90. The van der Waals surface area contributed by atoms with E-state index < -0.39 is 17.7 Å². The molecule has 3 heterocycles. The summed E-state index contributed by atoms with van der Waals surface area (Å²) < 4.78 is 45.8. The van der Waals surface area contributed by atoms with Crippen molar-refractivity contribution in [1.82, 2.24) is 10.3 Å². The SMILES string of the molecule is O=C1N[C@](c2ccccc2)(C(F)(F)F)N2C(=C1c1nc3ccccc3s1)Sc1ccccc12. The van der Waals surface area contributed by atoms with Crippen LogP contribution in [-0.4, -0.2) is 17.1 Å². The number of hydrogen-bond acceptors (Lipinski definition) is 5. The van der Waals surface area contributed by atoms with E-state index in [1.165, 1.54) is 40.5 Å². The van der Waals surface area contributed by atoms with Gasteiger partial charge in [0.05, 0.1) is 20.9 Å². The molecule has 164 valence electrons. The lowest BCUT2D eigenvalue weighted by atomic mass is 9.92. The Morgan fingerprint density at radius 1 is 0.909 bits per heavy atom. The van der Waals surface area contributed by atoms with Gasteiger partial charge >= 0.3 is 6.18 Å². The monoisotopic (exact) mass is 481 g/mol. The van der Waals surface area contributed by atoms with Crippen molar-refractivity contribution < 1.29 is 18.0 Å². The molecule has 33 heavy (non-hydrogen) atoms. The molecular formula is C24H14F3N3OS2. The third-order valence-electron chi connectivity index (χ3n) is 5.70. The molecule has 0 bridgehead atoms. The summed E-state index contributed by atoms with van der Waals surface area (Å²) in [7, 11) is 0. The number of halogens is 3. The van der Waals surface area contributed by atoms with Gasteiger partial charge in [0.25, 0.3) is 5.91 Å². The Morgan fingerprint density at radius 3 is 2.36 bits per heavy atom. The number of carbonyl (C=O) groups excluding carboxylic acids is 1. The van der Waals surface area contributed by atoms with E-state index in [2.05, 4.69) is 10.3 Å². The van der Waals surface area contributed by atoms with Gasteiger partial charge in [-0.3, -0.25) is 9.69 Å². The van der Waals surface area contributed by atoms with E-state index in [1.807, 2.05) is 24.3 Å². The zero-order chi connectivity index (χ0) is 22.8. The minimum Gasteiger partial charge on any atom is -0.317 e. The number of carbonyl (C=O) groups is 1. The second-order valence-electron chi connectivity index (χ2n) is 7.60. The van der Waals surface area contributed by atoms with Crippen LogP contribution in [0.25, 0.3) is 15.8 Å². The lowest BCUT2D eigenvalue weighted by Gasteiger charge is -2.47. The molecule has 0 radical (unpaired) electrons. The summed E-state index contributed by atoms with van der Waals surface area (Å²) in [5.74, 6) is -0.804. The van der Waals surface area contributed by atoms with E-state index >= 15 is 0 Å². The maximum Gasteiger partial charge on any atom is 0.435 e. The number of alkyl halides is 3. The van der Waals surface area contributed by atoms with Gasteiger partial charge in [0.15, 0.2) is 0 Å². The maximum absolute atomic E-state index is 15.0. The number of amides is 1.